The lowest BCUT2D eigenvalue weighted by atomic mass is 9.95. The number of para-hydroxylation sites is 2. The average Bonchev–Trinajstić information content (AvgIpc) is 1.97. The number of rotatable bonds is 11. The van der Waals surface area contributed by atoms with E-state index in [4.69, 9.17) is 0 Å². The highest BCUT2D eigenvalue weighted by Crippen LogP contribution is 2.48. The molecular weight excluding hydrogens is 1080 g/mol. The van der Waals surface area contributed by atoms with Crippen molar-refractivity contribution in [1.29, 1.82) is 0 Å². The van der Waals surface area contributed by atoms with Crippen LogP contribution in [-0.2, 0) is 0 Å². The monoisotopic (exact) mass is 1130 g/mol. The predicted molar refractivity (Wildman–Crippen MR) is 373 cm³/mol. The lowest BCUT2D eigenvalue weighted by Crippen LogP contribution is -2.13. The van der Waals surface area contributed by atoms with Crippen molar-refractivity contribution in [3.8, 4) is 55.6 Å². The molecule has 4 heteroatoms. The molecule has 0 atom stereocenters. The Labute approximate surface area is 509 Å². The summed E-state index contributed by atoms with van der Waals surface area (Å²) in [4.78, 5) is 4.93. The minimum Gasteiger partial charge on any atom is -0.310 e. The molecule has 0 unspecified atom stereocenters. The van der Waals surface area contributed by atoms with Crippen LogP contribution in [0.3, 0.4) is 0 Å². The van der Waals surface area contributed by atoms with Crippen LogP contribution in [0.1, 0.15) is 11.1 Å². The molecule has 14 aromatic carbocycles. The van der Waals surface area contributed by atoms with Gasteiger partial charge in [0.1, 0.15) is 0 Å². The number of aryl methyl sites for hydroxylation is 2. The Morgan fingerprint density at radius 1 is 0.221 bits per heavy atom. The first-order chi connectivity index (χ1) is 42.5. The molecule has 0 N–H and O–H groups in total. The zero-order valence-corrected chi connectivity index (χ0v) is 49.2. The molecule has 0 fully saturated rings. The Balaban J connectivity index is 0.803. The van der Waals surface area contributed by atoms with Gasteiger partial charge in [-0.05, 0) is 188 Å². The molecule has 16 rings (SSSR count). The van der Waals surface area contributed by atoms with Crippen molar-refractivity contribution < 1.29 is 0 Å². The van der Waals surface area contributed by atoms with Gasteiger partial charge in [-0.2, -0.15) is 0 Å². The minimum absolute atomic E-state index is 1.09. The molecule has 0 aliphatic rings. The second-order valence-corrected chi connectivity index (χ2v) is 24.6. The summed E-state index contributed by atoms with van der Waals surface area (Å²) in [5, 5.41) is 10.2. The first kappa shape index (κ1) is 51.3. The Morgan fingerprint density at radius 3 is 1.00 bits per heavy atom. The van der Waals surface area contributed by atoms with E-state index >= 15 is 0 Å². The Kier molecular flexibility index (Phi) is 12.7. The van der Waals surface area contributed by atoms with Gasteiger partial charge in [-0.3, -0.25) is 0 Å². The molecule has 0 spiro atoms. The van der Waals surface area contributed by atoms with Gasteiger partial charge in [0.25, 0.3) is 0 Å². The zero-order valence-electron chi connectivity index (χ0n) is 47.6. The van der Waals surface area contributed by atoms with E-state index in [9.17, 15) is 0 Å². The highest BCUT2D eigenvalue weighted by Gasteiger charge is 2.23. The van der Waals surface area contributed by atoms with Crippen LogP contribution in [0.25, 0.3) is 118 Å². The van der Waals surface area contributed by atoms with Crippen LogP contribution in [0, 0.1) is 13.8 Å². The van der Waals surface area contributed by atoms with Crippen molar-refractivity contribution in [2.24, 2.45) is 0 Å². The van der Waals surface area contributed by atoms with Crippen molar-refractivity contribution in [1.82, 2.24) is 0 Å². The van der Waals surface area contributed by atoms with Gasteiger partial charge < -0.3 is 9.80 Å². The number of benzene rings is 14. The van der Waals surface area contributed by atoms with Crippen LogP contribution < -0.4 is 9.80 Å². The zero-order chi connectivity index (χ0) is 57.2. The SMILES string of the molecule is Cc1cc(-c2ccc(N(c3ccc(-c4cccc5ccccc45)cc3)c3ccccc3-c3ccc4sc5ccccc5c4c3)c(C)c2)ccc1N(c1ccc(-c2cccc3ccccc23)cc1)c1ccccc1-c1ccc2sc3ccccc3c2c1. The summed E-state index contributed by atoms with van der Waals surface area (Å²) < 4.78 is 5.22. The summed E-state index contributed by atoms with van der Waals surface area (Å²) in [6, 6.07) is 112. The lowest BCUT2D eigenvalue weighted by molar-refractivity contribution is 1.24. The second-order valence-electron chi connectivity index (χ2n) is 22.5. The molecule has 406 valence electrons. The van der Waals surface area contributed by atoms with Crippen molar-refractivity contribution in [2.45, 2.75) is 13.8 Å². The van der Waals surface area contributed by atoms with E-state index in [0.717, 1.165) is 45.3 Å². The molecule has 16 aromatic rings. The maximum Gasteiger partial charge on any atom is 0.0540 e. The second kappa shape index (κ2) is 21.4. The van der Waals surface area contributed by atoms with Gasteiger partial charge in [0.2, 0.25) is 0 Å². The molecule has 0 aliphatic carbocycles. The van der Waals surface area contributed by atoms with Crippen LogP contribution in [0.4, 0.5) is 34.1 Å². The molecule has 0 bridgehead atoms. The van der Waals surface area contributed by atoms with Crippen LogP contribution in [0.5, 0.6) is 0 Å². The summed E-state index contributed by atoms with van der Waals surface area (Å²) >= 11 is 3.72. The number of fused-ring (bicyclic) bond motifs is 8. The molecule has 0 radical (unpaired) electrons. The number of anilines is 6. The summed E-state index contributed by atoms with van der Waals surface area (Å²) in [7, 11) is 0. The largest absolute Gasteiger partial charge is 0.310 e. The predicted octanol–water partition coefficient (Wildman–Crippen LogP) is 24.6. The van der Waals surface area contributed by atoms with Gasteiger partial charge in [0.15, 0.2) is 0 Å². The lowest BCUT2D eigenvalue weighted by Gasteiger charge is -2.30. The molecule has 2 nitrogen and oxygen atoms in total. The number of nitrogens with zero attached hydrogens (tertiary/aromatic N) is 2. The van der Waals surface area contributed by atoms with Gasteiger partial charge >= 0.3 is 0 Å². The standard InChI is InChI=1S/C82H56N2S2/c1-53-49-59(37-45-75(53)83(63-41-33-57(34-42-63)67-27-15-19-55-17-3-5-21-65(55)67)77-29-11-7-23-69(77)61-39-47-81-73(51-61)71-25-9-13-31-79(71)85-81)60-38-46-76(54(2)50-60)84(64-43-35-58(36-44-64)68-28-16-20-56-18-4-6-22-66(56)68)78-30-12-8-24-70(78)62-40-48-82-74(52-62)72-26-10-14-32-80(72)86-82/h3-52H,1-2H3. The van der Waals surface area contributed by atoms with E-state index in [0.29, 0.717) is 0 Å². The first-order valence-corrected chi connectivity index (χ1v) is 31.1. The molecule has 0 amide bonds. The molecule has 2 heterocycles. The van der Waals surface area contributed by atoms with E-state index in [2.05, 4.69) is 327 Å². The molecule has 86 heavy (non-hydrogen) atoms. The summed E-state index contributed by atoms with van der Waals surface area (Å²) in [5.74, 6) is 0. The van der Waals surface area contributed by atoms with Crippen LogP contribution >= 0.6 is 22.7 Å². The maximum atomic E-state index is 2.46. The summed E-state index contributed by atoms with van der Waals surface area (Å²) in [6.45, 7) is 4.53. The van der Waals surface area contributed by atoms with Gasteiger partial charge in [-0.15, -0.1) is 22.7 Å². The highest BCUT2D eigenvalue weighted by atomic mass is 32.1. The molecule has 0 saturated heterocycles. The van der Waals surface area contributed by atoms with Crippen molar-refractivity contribution in [3.05, 3.63) is 314 Å². The van der Waals surface area contributed by atoms with Crippen molar-refractivity contribution in [3.63, 3.8) is 0 Å². The molecule has 0 aliphatic heterocycles. The fourth-order valence-electron chi connectivity index (χ4n) is 13.1. The first-order valence-electron chi connectivity index (χ1n) is 29.5. The summed E-state index contributed by atoms with van der Waals surface area (Å²) in [5.41, 5.74) is 20.9. The van der Waals surface area contributed by atoms with E-state index in [-0.39, 0.29) is 0 Å². The average molecular weight is 1130 g/mol. The number of hydrogen-bond donors (Lipinski definition) is 0. The molecule has 2 aromatic heterocycles. The third kappa shape index (κ3) is 9.01. The van der Waals surface area contributed by atoms with Crippen molar-refractivity contribution >= 4 is 119 Å². The Hall–Kier alpha value is -10.4. The van der Waals surface area contributed by atoms with Gasteiger partial charge in [0.05, 0.1) is 11.4 Å². The van der Waals surface area contributed by atoms with Crippen LogP contribution in [0.2, 0.25) is 0 Å². The number of thiophene rings is 2. The number of hydrogen-bond acceptors (Lipinski definition) is 4. The van der Waals surface area contributed by atoms with Gasteiger partial charge in [0, 0.05) is 74.2 Å². The van der Waals surface area contributed by atoms with E-state index in [1.165, 1.54) is 118 Å². The Bertz CT molecular complexity index is 4940. The van der Waals surface area contributed by atoms with E-state index in [1.54, 1.807) is 0 Å². The topological polar surface area (TPSA) is 6.48 Å². The fourth-order valence-corrected chi connectivity index (χ4v) is 15.3. The molecule has 0 saturated carbocycles. The maximum absolute atomic E-state index is 2.46. The quantitative estimate of drug-likeness (QED) is 0.127. The van der Waals surface area contributed by atoms with Gasteiger partial charge in [-0.25, -0.2) is 0 Å². The summed E-state index contributed by atoms with van der Waals surface area (Å²) in [6.07, 6.45) is 0. The third-order valence-corrected chi connectivity index (χ3v) is 19.6. The van der Waals surface area contributed by atoms with Gasteiger partial charge in [-0.1, -0.05) is 206 Å². The van der Waals surface area contributed by atoms with E-state index < -0.39 is 0 Å². The fraction of sp³-hybridized carbons (Fsp3) is 0.0244. The van der Waals surface area contributed by atoms with E-state index in [1.807, 2.05) is 22.7 Å². The highest BCUT2D eigenvalue weighted by molar-refractivity contribution is 7.26. The Morgan fingerprint density at radius 2 is 0.558 bits per heavy atom. The van der Waals surface area contributed by atoms with Crippen LogP contribution in [-0.4, -0.2) is 0 Å². The molecular formula is C82H56N2S2. The third-order valence-electron chi connectivity index (χ3n) is 17.3. The minimum atomic E-state index is 1.09. The normalized spacial score (nSPS) is 11.6. The van der Waals surface area contributed by atoms with Crippen LogP contribution in [0.15, 0.2) is 303 Å². The van der Waals surface area contributed by atoms with Crippen molar-refractivity contribution in [2.75, 3.05) is 9.80 Å². The smallest absolute Gasteiger partial charge is 0.0540 e.